The molecule has 1 aromatic carbocycles. The number of hydrogen-bond donors (Lipinski definition) is 2. The molecule has 9 nitrogen and oxygen atoms in total. The predicted octanol–water partition coefficient (Wildman–Crippen LogP) is 0.837. The molecule has 0 saturated carbocycles. The summed E-state index contributed by atoms with van der Waals surface area (Å²) in [5.74, 6) is -0.297. The molecular weight excluding hydrogens is 412 g/mol. The zero-order chi connectivity index (χ0) is 22.5. The van der Waals surface area contributed by atoms with E-state index in [0.717, 1.165) is 17.7 Å². The number of benzene rings is 1. The van der Waals surface area contributed by atoms with Crippen molar-refractivity contribution >= 4 is 17.9 Å². The van der Waals surface area contributed by atoms with Crippen molar-refractivity contribution in [2.24, 2.45) is 5.92 Å². The van der Waals surface area contributed by atoms with Crippen LogP contribution in [0.15, 0.2) is 53.3 Å². The zero-order valence-electron chi connectivity index (χ0n) is 17.7. The smallest absolute Gasteiger partial charge is 0.407 e. The van der Waals surface area contributed by atoms with Crippen molar-refractivity contribution in [3.05, 3.63) is 70.1 Å². The number of nitrogens with one attached hydrogen (secondary N) is 2. The Morgan fingerprint density at radius 1 is 0.938 bits per heavy atom. The van der Waals surface area contributed by atoms with Gasteiger partial charge in [-0.1, -0.05) is 36.4 Å². The molecule has 0 unspecified atom stereocenters. The number of hydrogen-bond acceptors (Lipinski definition) is 5. The highest BCUT2D eigenvalue weighted by Gasteiger charge is 2.36. The first kappa shape index (κ1) is 21.6. The minimum atomic E-state index is -0.701. The minimum absolute atomic E-state index is 0.000893. The zero-order valence-corrected chi connectivity index (χ0v) is 17.7. The van der Waals surface area contributed by atoms with Gasteiger partial charge in [0.25, 0.3) is 5.56 Å². The molecule has 32 heavy (non-hydrogen) atoms. The lowest BCUT2D eigenvalue weighted by Gasteiger charge is -2.42. The largest absolute Gasteiger partial charge is 0.445 e. The summed E-state index contributed by atoms with van der Waals surface area (Å²) in [7, 11) is 0. The fourth-order valence-corrected chi connectivity index (χ4v) is 4.38. The van der Waals surface area contributed by atoms with Crippen LogP contribution in [0.5, 0.6) is 0 Å². The van der Waals surface area contributed by atoms with E-state index in [0.29, 0.717) is 19.6 Å². The maximum Gasteiger partial charge on any atom is 0.407 e. The minimum Gasteiger partial charge on any atom is -0.445 e. The second kappa shape index (κ2) is 9.67. The molecule has 9 heteroatoms. The van der Waals surface area contributed by atoms with E-state index in [4.69, 9.17) is 4.74 Å². The van der Waals surface area contributed by atoms with Gasteiger partial charge in [-0.15, -0.1) is 0 Å². The van der Waals surface area contributed by atoms with Gasteiger partial charge in [-0.05, 0) is 24.0 Å². The summed E-state index contributed by atoms with van der Waals surface area (Å²) in [6, 6.07) is 14.5. The van der Waals surface area contributed by atoms with Crippen molar-refractivity contribution in [2.75, 3.05) is 26.2 Å². The summed E-state index contributed by atoms with van der Waals surface area (Å²) in [5, 5.41) is 4.92. The molecule has 4 rings (SSSR count). The number of nitrogens with zero attached hydrogens (tertiary/aromatic N) is 2. The highest BCUT2D eigenvalue weighted by atomic mass is 16.5. The Kier molecular flexibility index (Phi) is 6.53. The second-order valence-electron chi connectivity index (χ2n) is 8.19. The van der Waals surface area contributed by atoms with Crippen molar-refractivity contribution < 1.29 is 19.1 Å². The van der Waals surface area contributed by atoms with Crippen molar-refractivity contribution in [2.45, 2.75) is 25.5 Å². The first-order valence-corrected chi connectivity index (χ1v) is 10.7. The molecule has 168 valence electrons. The van der Waals surface area contributed by atoms with E-state index in [1.54, 1.807) is 17.0 Å². The van der Waals surface area contributed by atoms with Crippen LogP contribution < -0.4 is 16.2 Å². The lowest BCUT2D eigenvalue weighted by atomic mass is 9.83. The van der Waals surface area contributed by atoms with Gasteiger partial charge in [-0.3, -0.25) is 14.4 Å². The number of alkyl carbamates (subject to hydrolysis) is 1. The van der Waals surface area contributed by atoms with Crippen LogP contribution in [0.25, 0.3) is 0 Å². The summed E-state index contributed by atoms with van der Waals surface area (Å²) < 4.78 is 6.86. The predicted molar refractivity (Wildman–Crippen MR) is 116 cm³/mol. The molecule has 3 heterocycles. The first-order chi connectivity index (χ1) is 15.5. The Bertz CT molecular complexity index is 1050. The van der Waals surface area contributed by atoms with Crippen LogP contribution in [-0.2, 0) is 27.5 Å². The molecule has 2 N–H and O–H groups in total. The van der Waals surface area contributed by atoms with Gasteiger partial charge >= 0.3 is 6.09 Å². The number of carbonyl (C=O) groups excluding carboxylic acids is 3. The van der Waals surface area contributed by atoms with Crippen LogP contribution in [0.3, 0.4) is 0 Å². The summed E-state index contributed by atoms with van der Waals surface area (Å²) in [6.07, 6.45) is 0.252. The maximum absolute atomic E-state index is 12.6. The van der Waals surface area contributed by atoms with E-state index in [1.165, 1.54) is 0 Å². The van der Waals surface area contributed by atoms with E-state index in [2.05, 4.69) is 10.6 Å². The number of amides is 3. The van der Waals surface area contributed by atoms with Gasteiger partial charge in [-0.2, -0.15) is 0 Å². The topological polar surface area (TPSA) is 110 Å². The Hall–Kier alpha value is -3.62. The highest BCUT2D eigenvalue weighted by Crippen LogP contribution is 2.34. The Morgan fingerprint density at radius 3 is 2.56 bits per heavy atom. The number of aromatic nitrogens is 1. The molecule has 2 atom stereocenters. The number of pyridine rings is 1. The number of piperidine rings is 1. The van der Waals surface area contributed by atoms with E-state index in [-0.39, 0.29) is 43.0 Å². The molecular formula is C23H26N4O5. The Morgan fingerprint density at radius 2 is 1.75 bits per heavy atom. The van der Waals surface area contributed by atoms with Crippen LogP contribution in [-0.4, -0.2) is 53.6 Å². The third-order valence-electron chi connectivity index (χ3n) is 5.88. The van der Waals surface area contributed by atoms with Gasteiger partial charge in [0.05, 0.1) is 6.54 Å². The van der Waals surface area contributed by atoms with Gasteiger partial charge in [0.15, 0.2) is 0 Å². The number of ether oxygens (including phenoxy) is 1. The van der Waals surface area contributed by atoms with Crippen LogP contribution in [0, 0.1) is 5.92 Å². The number of rotatable bonds is 6. The van der Waals surface area contributed by atoms with Crippen molar-refractivity contribution in [3.63, 3.8) is 0 Å². The molecule has 1 saturated heterocycles. The van der Waals surface area contributed by atoms with Crippen molar-refractivity contribution in [3.8, 4) is 0 Å². The molecule has 3 amide bonds. The summed E-state index contributed by atoms with van der Waals surface area (Å²) in [6.45, 7) is 1.40. The van der Waals surface area contributed by atoms with Gasteiger partial charge in [0.2, 0.25) is 11.8 Å². The quantitative estimate of drug-likeness (QED) is 0.695. The van der Waals surface area contributed by atoms with E-state index in [9.17, 15) is 19.2 Å². The highest BCUT2D eigenvalue weighted by molar-refractivity contribution is 5.87. The third kappa shape index (κ3) is 5.16. The fraction of sp³-hybridized carbons (Fsp3) is 0.391. The van der Waals surface area contributed by atoms with Crippen molar-refractivity contribution in [1.82, 2.24) is 20.1 Å². The van der Waals surface area contributed by atoms with Crippen LogP contribution >= 0.6 is 0 Å². The third-order valence-corrected chi connectivity index (χ3v) is 5.88. The number of fused-ring (bicyclic) bond motifs is 4. The molecule has 0 radical (unpaired) electrons. The van der Waals surface area contributed by atoms with E-state index < -0.39 is 12.0 Å². The average molecular weight is 438 g/mol. The van der Waals surface area contributed by atoms with Gasteiger partial charge in [0, 0.05) is 37.3 Å². The maximum atomic E-state index is 12.6. The lowest BCUT2D eigenvalue weighted by Crippen LogP contribution is -2.51. The molecule has 2 aliphatic heterocycles. The van der Waals surface area contributed by atoms with Gasteiger partial charge < -0.3 is 24.8 Å². The SMILES string of the molecule is O=C(CNC(=O)OCc1ccccc1)NCC(=O)N1C[C@@H]2C[C@H](C1)c1cccc(=O)n1C2. The van der Waals surface area contributed by atoms with Crippen molar-refractivity contribution in [1.29, 1.82) is 0 Å². The molecule has 2 aromatic rings. The Labute approximate surface area is 185 Å². The summed E-state index contributed by atoms with van der Waals surface area (Å²) >= 11 is 0. The molecule has 0 spiro atoms. The molecule has 1 fully saturated rings. The first-order valence-electron chi connectivity index (χ1n) is 10.7. The van der Waals surface area contributed by atoms with E-state index >= 15 is 0 Å². The molecule has 1 aromatic heterocycles. The van der Waals surface area contributed by atoms with Crippen LogP contribution in [0.4, 0.5) is 4.79 Å². The lowest BCUT2D eigenvalue weighted by molar-refractivity contribution is -0.135. The van der Waals surface area contributed by atoms with Gasteiger partial charge in [0.1, 0.15) is 13.2 Å². The fourth-order valence-electron chi connectivity index (χ4n) is 4.38. The summed E-state index contributed by atoms with van der Waals surface area (Å²) in [4.78, 5) is 50.2. The van der Waals surface area contributed by atoms with E-state index in [1.807, 2.05) is 41.0 Å². The molecule has 2 aliphatic rings. The number of carbonyl (C=O) groups is 3. The van der Waals surface area contributed by atoms with Crippen LogP contribution in [0.1, 0.15) is 23.6 Å². The van der Waals surface area contributed by atoms with Gasteiger partial charge in [-0.25, -0.2) is 4.79 Å². The Balaban J connectivity index is 1.20. The average Bonchev–Trinajstić information content (AvgIpc) is 2.81. The van der Waals surface area contributed by atoms with Crippen LogP contribution in [0.2, 0.25) is 0 Å². The number of likely N-dealkylation sites (tertiary alicyclic amines) is 1. The summed E-state index contributed by atoms with van der Waals surface area (Å²) in [5.41, 5.74) is 1.81. The standard InChI is InChI=1S/C23H26N4O5/c28-20(10-25-23(31)32-15-16-5-2-1-3-6-16)24-11-22(30)26-12-17-9-18(14-26)19-7-4-8-21(29)27(19)13-17/h1-8,17-18H,9-15H2,(H,24,28)(H,25,31)/t17-,18+/m0/s1. The normalized spacial score (nSPS) is 18.9. The molecule has 0 aliphatic carbocycles. The second-order valence-corrected chi connectivity index (χ2v) is 8.19. The molecule has 2 bridgehead atoms. The monoisotopic (exact) mass is 438 g/mol.